The molecule has 8 nitrogen and oxygen atoms in total. The Bertz CT molecular complexity index is 948. The zero-order valence-electron chi connectivity index (χ0n) is 15.9. The molecule has 2 unspecified atom stereocenters. The molecule has 10 heteroatoms. The number of ether oxygens (including phenoxy) is 2. The number of hydrogen-bond donors (Lipinski definition) is 2. The summed E-state index contributed by atoms with van der Waals surface area (Å²) in [5, 5.41) is 11.3. The Kier molecular flexibility index (Phi) is 5.20. The van der Waals surface area contributed by atoms with E-state index in [9.17, 15) is 14.3 Å². The molecule has 2 N–H and O–H groups in total. The molecule has 0 aliphatic carbocycles. The van der Waals surface area contributed by atoms with Crippen molar-refractivity contribution in [3.63, 3.8) is 0 Å². The van der Waals surface area contributed by atoms with Crippen LogP contribution in [0.2, 0.25) is 5.02 Å². The first-order chi connectivity index (χ1) is 13.9. The van der Waals surface area contributed by atoms with Crippen molar-refractivity contribution in [1.82, 2.24) is 15.3 Å². The maximum atomic E-state index is 14.1. The molecule has 3 aliphatic rings. The van der Waals surface area contributed by atoms with Crippen LogP contribution >= 0.6 is 11.6 Å². The van der Waals surface area contributed by atoms with E-state index in [1.165, 1.54) is 17.0 Å². The molecule has 2 atom stereocenters. The number of carbonyl (C=O) groups excluding carboxylic acids is 1. The highest BCUT2D eigenvalue weighted by Crippen LogP contribution is 2.37. The summed E-state index contributed by atoms with van der Waals surface area (Å²) in [4.78, 5) is 18.8. The number of carbonyl (C=O) groups is 1. The Balaban J connectivity index is 1.82. The van der Waals surface area contributed by atoms with Gasteiger partial charge in [0, 0.05) is 25.9 Å². The number of benzene rings is 1. The summed E-state index contributed by atoms with van der Waals surface area (Å²) in [7, 11) is 1.62. The lowest BCUT2D eigenvalue weighted by atomic mass is 10.1. The normalized spacial score (nSPS) is 24.2. The Hall–Kier alpha value is -2.62. The van der Waals surface area contributed by atoms with Crippen LogP contribution in [-0.4, -0.2) is 59.7 Å². The summed E-state index contributed by atoms with van der Waals surface area (Å²) >= 11 is 6.22. The number of likely N-dealkylation sites (N-methyl/N-ethyl adjacent to an activating group) is 1. The summed E-state index contributed by atoms with van der Waals surface area (Å²) in [6.45, 7) is 1.77. The molecule has 0 saturated carbocycles. The molecule has 154 valence electrons. The number of nitrogens with zero attached hydrogens (tertiary/aromatic N) is 3. The van der Waals surface area contributed by atoms with E-state index in [4.69, 9.17) is 21.1 Å². The van der Waals surface area contributed by atoms with Crippen molar-refractivity contribution in [1.29, 1.82) is 0 Å². The lowest BCUT2D eigenvalue weighted by Crippen LogP contribution is -2.40. The van der Waals surface area contributed by atoms with E-state index in [1.54, 1.807) is 31.3 Å². The number of nitrogens with one attached hydrogen (secondary N) is 1. The first kappa shape index (κ1) is 19.7. The highest BCUT2D eigenvalue weighted by molar-refractivity contribution is 6.31. The largest absolute Gasteiger partial charge is 0.486 e. The predicted octanol–water partition coefficient (Wildman–Crippen LogP) is 1.73. The van der Waals surface area contributed by atoms with Crippen molar-refractivity contribution in [3.05, 3.63) is 52.2 Å². The molecule has 0 spiro atoms. The second-order valence-electron chi connectivity index (χ2n) is 6.91. The van der Waals surface area contributed by atoms with Gasteiger partial charge in [-0.15, -0.1) is 0 Å². The first-order valence-corrected chi connectivity index (χ1v) is 9.47. The van der Waals surface area contributed by atoms with Gasteiger partial charge in [0.2, 0.25) is 5.90 Å². The minimum atomic E-state index is -0.740. The zero-order chi connectivity index (χ0) is 20.7. The van der Waals surface area contributed by atoms with Gasteiger partial charge in [-0.2, -0.15) is 4.99 Å². The Morgan fingerprint density at radius 1 is 1.41 bits per heavy atom. The van der Waals surface area contributed by atoms with Gasteiger partial charge in [-0.05, 0) is 19.1 Å². The molecule has 0 fully saturated rings. The predicted molar refractivity (Wildman–Crippen MR) is 103 cm³/mol. The number of aliphatic hydroxyl groups is 1. The van der Waals surface area contributed by atoms with Crippen LogP contribution < -0.4 is 10.2 Å². The lowest BCUT2D eigenvalue weighted by molar-refractivity contribution is -0.127. The number of fused-ring (bicyclic) bond motifs is 1. The van der Waals surface area contributed by atoms with Crippen molar-refractivity contribution in [2.75, 3.05) is 26.7 Å². The molecular formula is C19H20ClFN4O4. The third-order valence-electron chi connectivity index (χ3n) is 4.88. The fraction of sp³-hybridized carbons (Fsp3) is 0.368. The molecule has 3 heterocycles. The Morgan fingerprint density at radius 3 is 2.97 bits per heavy atom. The van der Waals surface area contributed by atoms with Crippen LogP contribution in [0.25, 0.3) is 0 Å². The van der Waals surface area contributed by atoms with Crippen molar-refractivity contribution in [3.8, 4) is 5.75 Å². The van der Waals surface area contributed by atoms with Crippen molar-refractivity contribution < 1.29 is 23.8 Å². The van der Waals surface area contributed by atoms with E-state index < -0.39 is 18.0 Å². The Labute approximate surface area is 171 Å². The van der Waals surface area contributed by atoms with E-state index in [0.717, 1.165) is 0 Å². The van der Waals surface area contributed by atoms with Crippen LogP contribution in [0.1, 0.15) is 18.6 Å². The molecule has 1 aromatic carbocycles. The molecule has 0 aromatic heterocycles. The van der Waals surface area contributed by atoms with E-state index in [-0.39, 0.29) is 35.7 Å². The molecule has 2 bridgehead atoms. The van der Waals surface area contributed by atoms with Gasteiger partial charge < -0.3 is 19.5 Å². The molecule has 0 saturated heterocycles. The van der Waals surface area contributed by atoms with Crippen LogP contribution in [0, 0.1) is 5.82 Å². The monoisotopic (exact) mass is 422 g/mol. The average molecular weight is 423 g/mol. The SMILES string of the molecule is CC1OC2=NC3=C(CNN3C=C2)C(=O)N(C)CC(CO)Oc2ccc(F)c(Cl)c21. The van der Waals surface area contributed by atoms with Gasteiger partial charge in [-0.25, -0.2) is 9.82 Å². The summed E-state index contributed by atoms with van der Waals surface area (Å²) < 4.78 is 26.0. The number of hydrogen-bond acceptors (Lipinski definition) is 7. The number of aliphatic imine (C=N–C) groups is 1. The maximum Gasteiger partial charge on any atom is 0.254 e. The molecule has 3 aliphatic heterocycles. The van der Waals surface area contributed by atoms with E-state index >= 15 is 0 Å². The van der Waals surface area contributed by atoms with Crippen molar-refractivity contribution >= 4 is 23.4 Å². The number of hydrazine groups is 1. The van der Waals surface area contributed by atoms with Crippen LogP contribution in [0.15, 0.2) is 40.8 Å². The summed E-state index contributed by atoms with van der Waals surface area (Å²) in [6, 6.07) is 2.62. The minimum Gasteiger partial charge on any atom is -0.486 e. The highest BCUT2D eigenvalue weighted by Gasteiger charge is 2.32. The highest BCUT2D eigenvalue weighted by atomic mass is 35.5. The van der Waals surface area contributed by atoms with Gasteiger partial charge in [0.25, 0.3) is 5.91 Å². The number of amides is 1. The standard InChI is InChI=1S/C19H20ClFN4O4/c1-10-16-14(4-3-13(21)17(16)20)29-11(9-26)8-24(2)19(27)12-7-22-25-6-5-15(28-10)23-18(12)25/h3-6,10-11,22,26H,7-9H2,1-2H3. The fourth-order valence-corrected chi connectivity index (χ4v) is 3.74. The van der Waals surface area contributed by atoms with Gasteiger partial charge in [0.15, 0.2) is 5.82 Å². The number of halogens is 2. The van der Waals surface area contributed by atoms with Crippen LogP contribution in [0.5, 0.6) is 5.75 Å². The first-order valence-electron chi connectivity index (χ1n) is 9.09. The zero-order valence-corrected chi connectivity index (χ0v) is 16.6. The third-order valence-corrected chi connectivity index (χ3v) is 5.27. The van der Waals surface area contributed by atoms with Gasteiger partial charge in [0.1, 0.15) is 23.8 Å². The fourth-order valence-electron chi connectivity index (χ4n) is 3.43. The van der Waals surface area contributed by atoms with Gasteiger partial charge in [-0.3, -0.25) is 9.80 Å². The smallest absolute Gasteiger partial charge is 0.254 e. The number of rotatable bonds is 1. The molecule has 1 amide bonds. The molecular weight excluding hydrogens is 403 g/mol. The quantitative estimate of drug-likeness (QED) is 0.716. The topological polar surface area (TPSA) is 86.6 Å². The van der Waals surface area contributed by atoms with Crippen LogP contribution in [-0.2, 0) is 9.53 Å². The van der Waals surface area contributed by atoms with E-state index in [0.29, 0.717) is 23.5 Å². The average Bonchev–Trinajstić information content (AvgIpc) is 3.12. The lowest BCUT2D eigenvalue weighted by Gasteiger charge is -2.26. The second kappa shape index (κ2) is 7.66. The Morgan fingerprint density at radius 2 is 2.21 bits per heavy atom. The summed E-state index contributed by atoms with van der Waals surface area (Å²) in [6.07, 6.45) is 1.89. The number of aliphatic hydroxyl groups excluding tert-OH is 1. The second-order valence-corrected chi connectivity index (χ2v) is 7.29. The van der Waals surface area contributed by atoms with E-state index in [2.05, 4.69) is 10.4 Å². The van der Waals surface area contributed by atoms with Crippen molar-refractivity contribution in [2.24, 2.45) is 4.99 Å². The van der Waals surface area contributed by atoms with Crippen LogP contribution in [0.4, 0.5) is 4.39 Å². The molecule has 0 radical (unpaired) electrons. The van der Waals surface area contributed by atoms with Gasteiger partial charge in [0.05, 0.1) is 29.3 Å². The van der Waals surface area contributed by atoms with Crippen LogP contribution in [0.3, 0.4) is 0 Å². The third kappa shape index (κ3) is 3.57. The minimum absolute atomic E-state index is 0.113. The summed E-state index contributed by atoms with van der Waals surface area (Å²) in [5.74, 6) is 0.0914. The molecule has 29 heavy (non-hydrogen) atoms. The van der Waals surface area contributed by atoms with Gasteiger partial charge >= 0.3 is 0 Å². The molecule has 4 rings (SSSR count). The van der Waals surface area contributed by atoms with E-state index in [1.807, 2.05) is 0 Å². The summed E-state index contributed by atoms with van der Waals surface area (Å²) in [5.41, 5.74) is 3.82. The van der Waals surface area contributed by atoms with Crippen molar-refractivity contribution in [2.45, 2.75) is 19.1 Å². The molecule has 1 aromatic rings. The maximum absolute atomic E-state index is 14.1. The van der Waals surface area contributed by atoms with Gasteiger partial charge in [-0.1, -0.05) is 11.6 Å².